The zero-order valence-corrected chi connectivity index (χ0v) is 10.5. The summed E-state index contributed by atoms with van der Waals surface area (Å²) in [5, 5.41) is 9.43. The van der Waals surface area contributed by atoms with E-state index < -0.39 is 11.6 Å². The molecule has 4 nitrogen and oxygen atoms in total. The Labute approximate surface area is 102 Å². The number of aliphatic carboxylic acids is 1. The predicted octanol–water partition coefficient (Wildman–Crippen LogP) is 2.22. The van der Waals surface area contributed by atoms with E-state index in [0.717, 1.165) is 19.3 Å². The Morgan fingerprint density at radius 3 is 2.53 bits per heavy atom. The molecule has 0 radical (unpaired) electrons. The maximum Gasteiger partial charge on any atom is 0.336 e. The third-order valence-corrected chi connectivity index (χ3v) is 4.10. The van der Waals surface area contributed by atoms with Gasteiger partial charge in [-0.05, 0) is 18.8 Å². The van der Waals surface area contributed by atoms with Crippen molar-refractivity contribution >= 4 is 5.97 Å². The van der Waals surface area contributed by atoms with Crippen LogP contribution < -0.4 is 0 Å². The third kappa shape index (κ3) is 2.80. The van der Waals surface area contributed by atoms with Gasteiger partial charge >= 0.3 is 5.97 Å². The highest BCUT2D eigenvalue weighted by Crippen LogP contribution is 2.34. The molecule has 1 saturated heterocycles. The minimum Gasteiger partial charge on any atom is -0.479 e. The molecule has 1 heterocycles. The molecule has 0 amide bonds. The Balaban J connectivity index is 2.03. The highest BCUT2D eigenvalue weighted by Gasteiger charge is 2.44. The first-order valence-electron chi connectivity index (χ1n) is 6.63. The zero-order valence-electron chi connectivity index (χ0n) is 10.5. The minimum absolute atomic E-state index is 0.109. The summed E-state index contributed by atoms with van der Waals surface area (Å²) in [6, 6.07) is 0. The molecule has 98 valence electrons. The Hall–Kier alpha value is -0.610. The molecular weight excluding hydrogens is 220 g/mol. The van der Waals surface area contributed by atoms with Gasteiger partial charge < -0.3 is 14.6 Å². The smallest absolute Gasteiger partial charge is 0.336 e. The van der Waals surface area contributed by atoms with E-state index in [1.807, 2.05) is 0 Å². The Morgan fingerprint density at radius 2 is 1.94 bits per heavy atom. The molecular formula is C13H22O4. The monoisotopic (exact) mass is 242 g/mol. The van der Waals surface area contributed by atoms with Gasteiger partial charge in [0.25, 0.3) is 0 Å². The average Bonchev–Trinajstić information content (AvgIpc) is 2.33. The van der Waals surface area contributed by atoms with Crippen LogP contribution in [0.2, 0.25) is 0 Å². The summed E-state index contributed by atoms with van der Waals surface area (Å²) >= 11 is 0. The van der Waals surface area contributed by atoms with Crippen molar-refractivity contribution in [2.75, 3.05) is 13.2 Å². The number of carbonyl (C=O) groups is 1. The van der Waals surface area contributed by atoms with Crippen molar-refractivity contribution in [2.45, 2.75) is 57.2 Å². The quantitative estimate of drug-likeness (QED) is 0.824. The summed E-state index contributed by atoms with van der Waals surface area (Å²) < 4.78 is 11.3. The lowest BCUT2D eigenvalue weighted by Crippen LogP contribution is -2.50. The number of hydrogen-bond donors (Lipinski definition) is 1. The molecule has 1 aliphatic heterocycles. The molecule has 2 aliphatic rings. The lowest BCUT2D eigenvalue weighted by molar-refractivity contribution is -0.196. The van der Waals surface area contributed by atoms with Crippen LogP contribution in [0.3, 0.4) is 0 Å². The maximum atomic E-state index is 11.5. The lowest BCUT2D eigenvalue weighted by Gasteiger charge is -2.39. The van der Waals surface area contributed by atoms with Crippen molar-refractivity contribution in [2.24, 2.45) is 5.92 Å². The summed E-state index contributed by atoms with van der Waals surface area (Å²) in [7, 11) is 0. The topological polar surface area (TPSA) is 55.8 Å². The van der Waals surface area contributed by atoms with Crippen LogP contribution in [-0.4, -0.2) is 36.0 Å². The van der Waals surface area contributed by atoms with Crippen LogP contribution in [0, 0.1) is 5.92 Å². The van der Waals surface area contributed by atoms with Crippen molar-refractivity contribution in [3.8, 4) is 0 Å². The molecule has 1 N–H and O–H groups in total. The molecule has 0 aromatic rings. The Kier molecular flexibility index (Phi) is 4.05. The maximum absolute atomic E-state index is 11.5. The van der Waals surface area contributed by atoms with Gasteiger partial charge in [-0.25, -0.2) is 4.79 Å². The molecule has 17 heavy (non-hydrogen) atoms. The van der Waals surface area contributed by atoms with Gasteiger partial charge in [-0.3, -0.25) is 0 Å². The SMILES string of the molecule is CC1CCCCC1OC1(C(=O)O)CCOCC1. The van der Waals surface area contributed by atoms with Crippen LogP contribution in [0.1, 0.15) is 45.4 Å². The van der Waals surface area contributed by atoms with E-state index >= 15 is 0 Å². The van der Waals surface area contributed by atoms with E-state index in [9.17, 15) is 9.90 Å². The summed E-state index contributed by atoms with van der Waals surface area (Å²) in [5.74, 6) is -0.346. The van der Waals surface area contributed by atoms with E-state index in [4.69, 9.17) is 9.47 Å². The van der Waals surface area contributed by atoms with Crippen LogP contribution in [0.25, 0.3) is 0 Å². The molecule has 2 fully saturated rings. The fourth-order valence-electron chi connectivity index (χ4n) is 2.83. The first-order chi connectivity index (χ1) is 8.14. The van der Waals surface area contributed by atoms with Crippen LogP contribution in [0.15, 0.2) is 0 Å². The van der Waals surface area contributed by atoms with E-state index in [2.05, 4.69) is 6.92 Å². The summed E-state index contributed by atoms with van der Waals surface area (Å²) in [6.07, 6.45) is 5.61. The van der Waals surface area contributed by atoms with Crippen LogP contribution in [0.4, 0.5) is 0 Å². The molecule has 1 aliphatic carbocycles. The summed E-state index contributed by atoms with van der Waals surface area (Å²) in [4.78, 5) is 11.5. The summed E-state index contributed by atoms with van der Waals surface area (Å²) in [6.45, 7) is 3.15. The molecule has 0 aromatic heterocycles. The second kappa shape index (κ2) is 5.36. The molecule has 4 heteroatoms. The molecule has 0 spiro atoms. The van der Waals surface area contributed by atoms with Gasteiger partial charge in [-0.15, -0.1) is 0 Å². The van der Waals surface area contributed by atoms with Crippen molar-refractivity contribution in [3.05, 3.63) is 0 Å². The zero-order chi connectivity index (χ0) is 12.3. The Bertz CT molecular complexity index is 271. The van der Waals surface area contributed by atoms with E-state index in [-0.39, 0.29) is 6.10 Å². The molecule has 2 atom stereocenters. The van der Waals surface area contributed by atoms with Crippen LogP contribution >= 0.6 is 0 Å². The highest BCUT2D eigenvalue weighted by molar-refractivity contribution is 5.77. The second-order valence-electron chi connectivity index (χ2n) is 5.33. The molecule has 1 saturated carbocycles. The van der Waals surface area contributed by atoms with Gasteiger partial charge in [0.05, 0.1) is 6.10 Å². The standard InChI is InChI=1S/C13H22O4/c1-10-4-2-3-5-11(10)17-13(12(14)15)6-8-16-9-7-13/h10-11H,2-9H2,1H3,(H,14,15). The third-order valence-electron chi connectivity index (χ3n) is 4.10. The fourth-order valence-corrected chi connectivity index (χ4v) is 2.83. The first-order valence-corrected chi connectivity index (χ1v) is 6.63. The normalized spacial score (nSPS) is 33.2. The van der Waals surface area contributed by atoms with Gasteiger partial charge in [0, 0.05) is 26.1 Å². The largest absolute Gasteiger partial charge is 0.479 e. The van der Waals surface area contributed by atoms with Crippen LogP contribution in [-0.2, 0) is 14.3 Å². The van der Waals surface area contributed by atoms with Gasteiger partial charge in [-0.1, -0.05) is 19.8 Å². The minimum atomic E-state index is -0.992. The fraction of sp³-hybridized carbons (Fsp3) is 0.923. The number of ether oxygens (including phenoxy) is 2. The van der Waals surface area contributed by atoms with Crippen molar-refractivity contribution in [3.63, 3.8) is 0 Å². The average molecular weight is 242 g/mol. The first kappa shape index (κ1) is 12.8. The molecule has 0 bridgehead atoms. The molecule has 2 unspecified atom stereocenters. The summed E-state index contributed by atoms with van der Waals surface area (Å²) in [5.41, 5.74) is -0.992. The van der Waals surface area contributed by atoms with Gasteiger partial charge in [0.1, 0.15) is 0 Å². The van der Waals surface area contributed by atoms with E-state index in [1.165, 1.54) is 6.42 Å². The number of carboxylic acids is 1. The van der Waals surface area contributed by atoms with Crippen molar-refractivity contribution in [1.29, 1.82) is 0 Å². The number of rotatable bonds is 3. The van der Waals surface area contributed by atoms with Gasteiger partial charge in [-0.2, -0.15) is 0 Å². The van der Waals surface area contributed by atoms with Crippen molar-refractivity contribution < 1.29 is 19.4 Å². The van der Waals surface area contributed by atoms with Crippen LogP contribution in [0.5, 0.6) is 0 Å². The van der Waals surface area contributed by atoms with E-state index in [0.29, 0.717) is 32.0 Å². The number of carboxylic acid groups (broad SMARTS) is 1. The Morgan fingerprint density at radius 1 is 1.29 bits per heavy atom. The second-order valence-corrected chi connectivity index (χ2v) is 5.33. The van der Waals surface area contributed by atoms with Gasteiger partial charge in [0.15, 0.2) is 5.60 Å². The molecule has 0 aromatic carbocycles. The highest BCUT2D eigenvalue weighted by atomic mass is 16.5. The number of hydrogen-bond acceptors (Lipinski definition) is 3. The lowest BCUT2D eigenvalue weighted by atomic mass is 9.86. The molecule has 2 rings (SSSR count). The van der Waals surface area contributed by atoms with Gasteiger partial charge in [0.2, 0.25) is 0 Å². The predicted molar refractivity (Wildman–Crippen MR) is 62.9 cm³/mol. The van der Waals surface area contributed by atoms with E-state index in [1.54, 1.807) is 0 Å². The van der Waals surface area contributed by atoms with Crippen molar-refractivity contribution in [1.82, 2.24) is 0 Å².